The summed E-state index contributed by atoms with van der Waals surface area (Å²) in [6.45, 7) is 15.9. The van der Waals surface area contributed by atoms with E-state index in [1.165, 1.54) is 0 Å². The SMILES string of the molecule is C[C@@H]1O[C@@H](O[C@@H]2[C@@H](OCc3ccccc3)[C@H](OCC[Si](C)(C)C)O[C@H](COC(=O)C(C)(C)C)[C@H]2O[C@@H]2O[C@H](COCc3ccccc3)[C@@H](OCc3ccccc3)[C@H](OCc3ccccc3)[C@@H]2OCc2ccccc2)[C@@H](OCc2ccccc2)[C@H](OCc2ccccc2)[C@@H]1OCc1ccccc1. The molecule has 11 rings (SSSR count). The van der Waals surface area contributed by atoms with Crippen LogP contribution in [0.1, 0.15) is 72.2 Å². The van der Waals surface area contributed by atoms with Gasteiger partial charge in [-0.15, -0.1) is 0 Å². The van der Waals surface area contributed by atoms with Crippen molar-refractivity contribution in [2.75, 3.05) is 19.8 Å². The van der Waals surface area contributed by atoms with E-state index in [-0.39, 0.29) is 66.1 Å². The lowest BCUT2D eigenvalue weighted by molar-refractivity contribution is -0.398. The van der Waals surface area contributed by atoms with Crippen LogP contribution in [-0.2, 0) is 129 Å². The van der Waals surface area contributed by atoms with Crippen LogP contribution in [-0.4, -0.2) is 126 Å². The Bertz CT molecular complexity index is 3610. The highest BCUT2D eigenvalue weighted by atomic mass is 28.3. The van der Waals surface area contributed by atoms with Crippen molar-refractivity contribution in [3.63, 3.8) is 0 Å². The fraction of sp³-hybridized carbons (Fsp3) is 0.417. The van der Waals surface area contributed by atoms with E-state index < -0.39 is 112 Å². The highest BCUT2D eigenvalue weighted by molar-refractivity contribution is 6.76. The summed E-state index contributed by atoms with van der Waals surface area (Å²) in [5.41, 5.74) is 6.55. The molecule has 0 aromatic heterocycles. The normalized spacial score (nSPS) is 25.5. The van der Waals surface area contributed by atoms with Gasteiger partial charge in [-0.1, -0.05) is 262 Å². The molecule has 3 fully saturated rings. The van der Waals surface area contributed by atoms with Crippen LogP contribution >= 0.6 is 0 Å². The molecule has 3 heterocycles. The minimum absolute atomic E-state index is 0.0421. The van der Waals surface area contributed by atoms with Gasteiger partial charge in [-0.05, 0) is 78.2 Å². The molecule has 0 saturated carbocycles. The fourth-order valence-corrected chi connectivity index (χ4v) is 13.1. The van der Waals surface area contributed by atoms with Gasteiger partial charge in [0, 0.05) is 14.7 Å². The number of hydrogen-bond acceptors (Lipinski definition) is 16. The number of hydrogen-bond donors (Lipinski definition) is 0. The molecule has 0 bridgehead atoms. The highest BCUT2D eigenvalue weighted by Crippen LogP contribution is 2.40. The lowest BCUT2D eigenvalue weighted by Crippen LogP contribution is -2.68. The van der Waals surface area contributed by atoms with Crippen LogP contribution in [0.5, 0.6) is 0 Å². The summed E-state index contributed by atoms with van der Waals surface area (Å²) in [6, 6.07) is 80.6. The second kappa shape index (κ2) is 37.9. The maximum atomic E-state index is 14.3. The molecule has 8 aromatic carbocycles. The minimum atomic E-state index is -1.74. The van der Waals surface area contributed by atoms with Gasteiger partial charge in [0.25, 0.3) is 0 Å². The van der Waals surface area contributed by atoms with E-state index >= 15 is 0 Å². The van der Waals surface area contributed by atoms with Crippen LogP contribution in [0, 0.1) is 5.41 Å². The van der Waals surface area contributed by atoms with E-state index in [4.69, 9.17) is 71.1 Å². The van der Waals surface area contributed by atoms with Gasteiger partial charge in [0.05, 0.1) is 71.0 Å². The van der Waals surface area contributed by atoms with Gasteiger partial charge in [-0.25, -0.2) is 0 Å². The maximum absolute atomic E-state index is 14.3. The van der Waals surface area contributed by atoms with Crippen molar-refractivity contribution < 1.29 is 75.8 Å². The lowest BCUT2D eigenvalue weighted by atomic mass is 9.94. The van der Waals surface area contributed by atoms with E-state index in [1.54, 1.807) is 0 Å². The molecule has 17 heteroatoms. The average molecular weight is 1390 g/mol. The summed E-state index contributed by atoms with van der Waals surface area (Å²) < 4.78 is 108. The number of esters is 1. The first-order valence-corrected chi connectivity index (χ1v) is 39.1. The summed E-state index contributed by atoms with van der Waals surface area (Å²) in [7, 11) is -1.74. The van der Waals surface area contributed by atoms with Crippen LogP contribution in [0.2, 0.25) is 25.7 Å². The average Bonchev–Trinajstić information content (AvgIpc) is 0.766. The first-order valence-electron chi connectivity index (χ1n) is 35.4. The van der Waals surface area contributed by atoms with Gasteiger partial charge in [0.15, 0.2) is 18.9 Å². The number of rotatable bonds is 35. The largest absolute Gasteiger partial charge is 0.462 e. The summed E-state index contributed by atoms with van der Waals surface area (Å²) in [5.74, 6) is -0.462. The van der Waals surface area contributed by atoms with Crippen LogP contribution in [0.25, 0.3) is 0 Å². The van der Waals surface area contributed by atoms with Gasteiger partial charge in [0.1, 0.15) is 73.8 Å². The molecule has 536 valence electrons. The Kier molecular flexibility index (Phi) is 28.2. The van der Waals surface area contributed by atoms with Gasteiger partial charge in [0.2, 0.25) is 0 Å². The van der Waals surface area contributed by atoms with Crippen LogP contribution < -0.4 is 0 Å². The zero-order chi connectivity index (χ0) is 70.2. The van der Waals surface area contributed by atoms with Gasteiger partial charge in [-0.3, -0.25) is 4.79 Å². The molecule has 0 aliphatic carbocycles. The first-order chi connectivity index (χ1) is 49.2. The van der Waals surface area contributed by atoms with Gasteiger partial charge < -0.3 is 71.1 Å². The maximum Gasteiger partial charge on any atom is 0.311 e. The Morgan fingerprint density at radius 3 is 1.01 bits per heavy atom. The van der Waals surface area contributed by atoms with E-state index in [1.807, 2.05) is 270 Å². The Balaban J connectivity index is 1.06. The molecule has 0 amide bonds. The monoisotopic (exact) mass is 1390 g/mol. The van der Waals surface area contributed by atoms with Gasteiger partial charge in [-0.2, -0.15) is 0 Å². The summed E-state index contributed by atoms with van der Waals surface area (Å²) in [4.78, 5) is 14.3. The molecular weight excluding hydrogens is 1290 g/mol. The summed E-state index contributed by atoms with van der Waals surface area (Å²) in [5, 5.41) is 0. The molecule has 3 aliphatic heterocycles. The Morgan fingerprint density at radius 1 is 0.337 bits per heavy atom. The molecule has 0 N–H and O–H groups in total. The second-order valence-corrected chi connectivity index (χ2v) is 34.0. The first kappa shape index (κ1) is 75.1. The van der Waals surface area contributed by atoms with E-state index in [9.17, 15) is 4.79 Å². The summed E-state index contributed by atoms with van der Waals surface area (Å²) >= 11 is 0. The predicted molar refractivity (Wildman–Crippen MR) is 387 cm³/mol. The smallest absolute Gasteiger partial charge is 0.311 e. The zero-order valence-electron chi connectivity index (χ0n) is 59.3. The van der Waals surface area contributed by atoms with Crippen molar-refractivity contribution in [2.24, 2.45) is 5.41 Å². The molecular formula is C84H100O16Si. The van der Waals surface area contributed by atoms with Crippen LogP contribution in [0.3, 0.4) is 0 Å². The third-order valence-electron chi connectivity index (χ3n) is 18.0. The van der Waals surface area contributed by atoms with Crippen molar-refractivity contribution in [3.05, 3.63) is 287 Å². The standard InChI is InChI=1S/C84H100O16Si/c1-60-71(88-51-62-34-18-9-19-35-62)74(90-53-64-38-22-11-23-39-64)77(92-55-66-42-26-13-27-43-66)81(96-60)100-76-73(70(59-95-83(85)84(2,3)4)97-80(87-48-49-101(5,6)7)79(76)94-57-68-46-30-15-31-47-68)99-82-78(93-56-67-44-28-14-29-45-67)75(91-54-65-40-24-12-25-41-65)72(89-52-63-36-20-10-21-37-63)69(98-82)58-86-50-61-32-16-8-17-33-61/h8-47,60,69-82H,48-59H2,1-7H3/t60-,69+,70+,71+,72+,73+,74+,75-,76-,77-,78-,79+,80+,81-,82-/m0/s1. The van der Waals surface area contributed by atoms with Crippen LogP contribution in [0.4, 0.5) is 0 Å². The topological polar surface area (TPSA) is 156 Å². The van der Waals surface area contributed by atoms with E-state index in [0.29, 0.717) is 6.61 Å². The molecule has 16 nitrogen and oxygen atoms in total. The lowest BCUT2D eigenvalue weighted by Gasteiger charge is -2.52. The molecule has 8 aromatic rings. The third kappa shape index (κ3) is 22.7. The van der Waals surface area contributed by atoms with Crippen molar-refractivity contribution in [2.45, 2.75) is 198 Å². The molecule has 0 spiro atoms. The molecule has 3 saturated heterocycles. The molecule has 101 heavy (non-hydrogen) atoms. The zero-order valence-corrected chi connectivity index (χ0v) is 60.3. The number of benzene rings is 8. The van der Waals surface area contributed by atoms with E-state index in [0.717, 1.165) is 50.6 Å². The Hall–Kier alpha value is -7.11. The minimum Gasteiger partial charge on any atom is -0.462 e. The van der Waals surface area contributed by atoms with Crippen molar-refractivity contribution in [3.8, 4) is 0 Å². The molecule has 0 radical (unpaired) electrons. The highest BCUT2D eigenvalue weighted by Gasteiger charge is 2.58. The fourth-order valence-electron chi connectivity index (χ4n) is 12.4. The van der Waals surface area contributed by atoms with Crippen LogP contribution in [0.15, 0.2) is 243 Å². The number of carbonyl (C=O) groups excluding carboxylic acids is 1. The molecule has 0 unspecified atom stereocenters. The van der Waals surface area contributed by atoms with Crippen molar-refractivity contribution in [1.29, 1.82) is 0 Å². The Morgan fingerprint density at radius 2 is 0.634 bits per heavy atom. The number of carbonyl (C=O) groups is 1. The quantitative estimate of drug-likeness (QED) is 0.0273. The van der Waals surface area contributed by atoms with Crippen molar-refractivity contribution in [1.82, 2.24) is 0 Å². The third-order valence-corrected chi connectivity index (χ3v) is 19.7. The van der Waals surface area contributed by atoms with E-state index in [2.05, 4.69) is 19.6 Å². The number of ether oxygens (including phenoxy) is 15. The van der Waals surface area contributed by atoms with Crippen molar-refractivity contribution >= 4 is 14.0 Å². The Labute approximate surface area is 597 Å². The predicted octanol–water partition coefficient (Wildman–Crippen LogP) is 15.2. The second-order valence-electron chi connectivity index (χ2n) is 28.4. The van der Waals surface area contributed by atoms with Gasteiger partial charge >= 0.3 is 5.97 Å². The molecule has 15 atom stereocenters. The molecule has 3 aliphatic rings. The summed E-state index contributed by atoms with van der Waals surface area (Å²) in [6.07, 6.45) is -15.2.